The molecule has 0 bridgehead atoms. The van der Waals surface area contributed by atoms with Crippen LogP contribution in [0.5, 0.6) is 0 Å². The summed E-state index contributed by atoms with van der Waals surface area (Å²) in [6.07, 6.45) is 0. The van der Waals surface area contributed by atoms with Gasteiger partial charge >= 0.3 is 0 Å². The lowest BCUT2D eigenvalue weighted by atomic mass is 10.0. The lowest BCUT2D eigenvalue weighted by Crippen LogP contribution is -2.00. The molecule has 0 N–H and O–H groups in total. The van der Waals surface area contributed by atoms with Gasteiger partial charge in [0.1, 0.15) is 22.3 Å². The molecule has 124 heavy (non-hydrogen) atoms. The molecule has 0 atom stereocenters. The van der Waals surface area contributed by atoms with E-state index in [1.54, 1.807) is 0 Å². The summed E-state index contributed by atoms with van der Waals surface area (Å²) in [5, 5.41) is 8.79. The average molecular weight is 1590 g/mol. The highest BCUT2D eigenvalue weighted by atomic mass is 16.3. The maximum atomic E-state index is 6.73. The molecule has 0 radical (unpaired) electrons. The summed E-state index contributed by atoms with van der Waals surface area (Å²) in [4.78, 5) is 30.6. The Hall–Kier alpha value is -16.8. The standard InChI is InChI=1S/2C57H36N4O/c1-4-14-37(15-5-1)40-26-28-41(29-27-40)55-58-56(44-22-12-20-42(32-44)38-16-6-2-7-17-38)60-57(59-55)45-30-31-48-50-35-52-49(36-54(50)62-53(48)34-45)47-24-10-11-25-51(47)61(52)46-23-13-21-43(33-46)39-18-8-3-9-19-39;1-4-13-37(14-5-1)40-23-27-42(28-24-40)55-58-56(43-29-25-41(26-30-43)38-15-6-2-7-16-38)60-57(59-55)45-31-32-48-50-35-52-49(36-54(50)62-53(48)34-45)47-21-10-11-22-51(47)61(52)46-20-12-19-44(33-46)39-17-8-3-9-18-39/h2*1-36H. The number of benzene rings is 18. The van der Waals surface area contributed by atoms with E-state index in [1.165, 1.54) is 33.0 Å². The molecule has 0 amide bonds. The SMILES string of the molecule is c1ccc(-c2ccc(-c3nc(-c4ccc(-c5ccccc5)cc4)nc(-c4ccc5c(c4)oc4cc6c7ccccc7n(-c7cccc(-c8ccccc8)c7)c6cc45)n3)cc2)cc1.c1ccc(-c2ccc(-c3nc(-c4cccc(-c5ccccc5)c4)nc(-c4ccc5c(c4)oc4cc6c7ccccc7n(-c7cccc(-c8ccccc8)c7)c6cc45)n3)cc2)cc1. The van der Waals surface area contributed by atoms with Crippen LogP contribution in [-0.4, -0.2) is 39.0 Å². The van der Waals surface area contributed by atoms with E-state index in [4.69, 9.17) is 38.7 Å². The molecule has 0 fully saturated rings. The van der Waals surface area contributed by atoms with E-state index in [9.17, 15) is 0 Å². The molecule has 0 unspecified atom stereocenters. The third kappa shape index (κ3) is 13.5. The summed E-state index contributed by atoms with van der Waals surface area (Å²) in [7, 11) is 0. The van der Waals surface area contributed by atoms with Gasteiger partial charge in [-0.15, -0.1) is 0 Å². The third-order valence-electron chi connectivity index (χ3n) is 23.7. The van der Waals surface area contributed by atoms with Crippen LogP contribution < -0.4 is 0 Å². The summed E-state index contributed by atoms with van der Waals surface area (Å²) >= 11 is 0. The Kier molecular flexibility index (Phi) is 18.0. The van der Waals surface area contributed by atoms with Crippen molar-refractivity contribution < 1.29 is 8.83 Å². The van der Waals surface area contributed by atoms with E-state index < -0.39 is 0 Å². The largest absolute Gasteiger partial charge is 0.456 e. The summed E-state index contributed by atoms with van der Waals surface area (Å²) in [6, 6.07) is 153. The summed E-state index contributed by atoms with van der Waals surface area (Å²) in [5.41, 5.74) is 29.2. The zero-order valence-corrected chi connectivity index (χ0v) is 67.0. The summed E-state index contributed by atoms with van der Waals surface area (Å²) in [6.45, 7) is 0. The van der Waals surface area contributed by atoms with Crippen molar-refractivity contribution in [2.24, 2.45) is 0 Å². The number of nitrogens with zero attached hydrogens (tertiary/aromatic N) is 8. The van der Waals surface area contributed by atoms with E-state index in [0.717, 1.165) is 166 Å². The van der Waals surface area contributed by atoms with E-state index in [2.05, 4.69) is 422 Å². The highest BCUT2D eigenvalue weighted by molar-refractivity contribution is 6.19. The summed E-state index contributed by atoms with van der Waals surface area (Å²) < 4.78 is 18.2. The quantitative estimate of drug-likeness (QED) is 0.106. The number of fused-ring (bicyclic) bond motifs is 12. The Morgan fingerprint density at radius 3 is 0.726 bits per heavy atom. The zero-order valence-electron chi connectivity index (χ0n) is 67.0. The molecule has 580 valence electrons. The van der Waals surface area contributed by atoms with Gasteiger partial charge in [0.15, 0.2) is 34.9 Å². The second kappa shape index (κ2) is 30.8. The molecule has 6 aromatic heterocycles. The molecule has 6 heterocycles. The number of rotatable bonds is 14. The molecular weight excluding hydrogens is 1510 g/mol. The second-order valence-corrected chi connectivity index (χ2v) is 31.3. The monoisotopic (exact) mass is 1580 g/mol. The Balaban J connectivity index is 0.000000143. The van der Waals surface area contributed by atoms with Crippen LogP contribution in [0.2, 0.25) is 0 Å². The van der Waals surface area contributed by atoms with Gasteiger partial charge in [0.2, 0.25) is 0 Å². The van der Waals surface area contributed by atoms with Crippen LogP contribution in [0.25, 0.3) is 234 Å². The fourth-order valence-electron chi connectivity index (χ4n) is 17.5. The molecule has 0 saturated heterocycles. The molecule has 0 aliphatic rings. The van der Waals surface area contributed by atoms with Gasteiger partial charge in [0.25, 0.3) is 0 Å². The highest BCUT2D eigenvalue weighted by Gasteiger charge is 2.23. The molecule has 0 aliphatic carbocycles. The van der Waals surface area contributed by atoms with Crippen LogP contribution >= 0.6 is 0 Å². The van der Waals surface area contributed by atoms with Crippen molar-refractivity contribution in [2.45, 2.75) is 0 Å². The van der Waals surface area contributed by atoms with Gasteiger partial charge in [0, 0.05) is 87.8 Å². The van der Waals surface area contributed by atoms with Gasteiger partial charge < -0.3 is 18.0 Å². The first-order chi connectivity index (χ1) is 61.4. The van der Waals surface area contributed by atoms with Gasteiger partial charge in [-0.1, -0.05) is 346 Å². The van der Waals surface area contributed by atoms with Crippen molar-refractivity contribution in [3.63, 3.8) is 0 Å². The smallest absolute Gasteiger partial charge is 0.164 e. The van der Waals surface area contributed by atoms with Crippen LogP contribution in [0, 0.1) is 0 Å². The predicted molar refractivity (Wildman–Crippen MR) is 508 cm³/mol. The minimum absolute atomic E-state index is 0.575. The highest BCUT2D eigenvalue weighted by Crippen LogP contribution is 2.44. The Bertz CT molecular complexity index is 8070. The number of hydrogen-bond donors (Lipinski definition) is 0. The van der Waals surface area contributed by atoms with Gasteiger partial charge in [-0.3, -0.25) is 0 Å². The fraction of sp³-hybridized carbons (Fsp3) is 0. The third-order valence-corrected chi connectivity index (χ3v) is 23.7. The topological polar surface area (TPSA) is 113 Å². The van der Waals surface area contributed by atoms with Crippen LogP contribution in [0.3, 0.4) is 0 Å². The van der Waals surface area contributed by atoms with E-state index in [-0.39, 0.29) is 0 Å². The first-order valence-corrected chi connectivity index (χ1v) is 41.7. The van der Waals surface area contributed by atoms with Crippen LogP contribution in [0.4, 0.5) is 0 Å². The molecule has 0 saturated carbocycles. The minimum Gasteiger partial charge on any atom is -0.456 e. The van der Waals surface area contributed by atoms with Gasteiger partial charge in [0.05, 0.1) is 22.1 Å². The Morgan fingerprint density at radius 1 is 0.137 bits per heavy atom. The van der Waals surface area contributed by atoms with Crippen molar-refractivity contribution >= 4 is 87.5 Å². The van der Waals surface area contributed by atoms with Crippen LogP contribution in [0.1, 0.15) is 0 Å². The first kappa shape index (κ1) is 72.4. The van der Waals surface area contributed by atoms with Gasteiger partial charge in [-0.05, 0) is 158 Å². The number of hydrogen-bond acceptors (Lipinski definition) is 8. The molecule has 24 aromatic rings. The van der Waals surface area contributed by atoms with Crippen molar-refractivity contribution in [2.75, 3.05) is 0 Å². The number of para-hydroxylation sites is 2. The first-order valence-electron chi connectivity index (χ1n) is 41.7. The van der Waals surface area contributed by atoms with E-state index in [1.807, 2.05) is 24.3 Å². The average Bonchev–Trinajstić information content (AvgIpc) is 1.57. The van der Waals surface area contributed by atoms with E-state index in [0.29, 0.717) is 34.9 Å². The lowest BCUT2D eigenvalue weighted by Gasteiger charge is -2.10. The number of furan rings is 2. The molecular formula is C114H72N8O2. The fourth-order valence-corrected chi connectivity index (χ4v) is 17.5. The van der Waals surface area contributed by atoms with Crippen molar-refractivity contribution in [1.82, 2.24) is 39.0 Å². The molecule has 0 spiro atoms. The Morgan fingerprint density at radius 2 is 0.379 bits per heavy atom. The van der Waals surface area contributed by atoms with Crippen LogP contribution in [0.15, 0.2) is 446 Å². The van der Waals surface area contributed by atoms with Crippen LogP contribution in [-0.2, 0) is 0 Å². The van der Waals surface area contributed by atoms with Crippen molar-refractivity contribution in [3.8, 4) is 146 Å². The zero-order chi connectivity index (χ0) is 82.0. The minimum atomic E-state index is 0.575. The predicted octanol–water partition coefficient (Wildman–Crippen LogP) is 29.7. The molecule has 0 aliphatic heterocycles. The lowest BCUT2D eigenvalue weighted by molar-refractivity contribution is 0.669. The van der Waals surface area contributed by atoms with Crippen molar-refractivity contribution in [3.05, 3.63) is 437 Å². The maximum Gasteiger partial charge on any atom is 0.164 e. The normalized spacial score (nSPS) is 11.5. The van der Waals surface area contributed by atoms with Gasteiger partial charge in [-0.25, -0.2) is 29.9 Å². The maximum absolute atomic E-state index is 6.73. The number of aromatic nitrogens is 8. The molecule has 18 aromatic carbocycles. The summed E-state index contributed by atoms with van der Waals surface area (Å²) in [5.74, 6) is 3.57. The second-order valence-electron chi connectivity index (χ2n) is 31.3. The molecule has 10 nitrogen and oxygen atoms in total. The Labute approximate surface area is 713 Å². The van der Waals surface area contributed by atoms with Crippen molar-refractivity contribution in [1.29, 1.82) is 0 Å². The molecule has 10 heteroatoms. The van der Waals surface area contributed by atoms with Gasteiger partial charge in [-0.2, -0.15) is 0 Å². The van der Waals surface area contributed by atoms with E-state index >= 15 is 0 Å². The molecule has 24 rings (SSSR count).